The molecule has 0 aliphatic carbocycles. The minimum Gasteiger partial charge on any atom is -0.508 e. The zero-order valence-corrected chi connectivity index (χ0v) is 49.3. The number of phenolic OH excluding ortho intramolecular Hbond substituents is 4. The van der Waals surface area contributed by atoms with Crippen molar-refractivity contribution in [3.8, 4) is 34.5 Å². The molecule has 0 saturated carbocycles. The molecule has 0 aliphatic heterocycles. The van der Waals surface area contributed by atoms with E-state index in [0.29, 0.717) is 105 Å². The average Bonchev–Trinajstić information content (AvgIpc) is 3.27. The number of aryl methyl sites for hydroxylation is 3. The quantitative estimate of drug-likeness (QED) is 0.0410. The SMILES string of the molecule is CC(C)COC(=O)C(C)(C)CCCCl.Cc1cc(O)c(C)c(O)c1Br.Cc1cc(OCCCC(C)(C)C(=O)O)c(C)c(O)c1Br.Cc1cc(OCCCC(C)(C)C(=O)OCC(C)C)c(C)c(O)c1Br. The van der Waals surface area contributed by atoms with Crippen LogP contribution in [0.5, 0.6) is 34.5 Å². The first-order valence-corrected chi connectivity index (χ1v) is 26.1. The number of rotatable bonds is 20. The van der Waals surface area contributed by atoms with Crippen molar-refractivity contribution < 1.29 is 58.9 Å². The van der Waals surface area contributed by atoms with Gasteiger partial charge in [0.15, 0.2) is 0 Å². The number of carboxylic acid groups (broad SMARTS) is 1. The summed E-state index contributed by atoms with van der Waals surface area (Å²) in [5, 5.41) is 47.6. The van der Waals surface area contributed by atoms with E-state index >= 15 is 0 Å². The summed E-state index contributed by atoms with van der Waals surface area (Å²) in [7, 11) is 0. The fourth-order valence-corrected chi connectivity index (χ4v) is 7.28. The number of phenols is 4. The summed E-state index contributed by atoms with van der Waals surface area (Å²) < 4.78 is 24.0. The van der Waals surface area contributed by atoms with Gasteiger partial charge in [-0.05, 0) is 216 Å². The highest BCUT2D eigenvalue weighted by atomic mass is 79.9. The molecule has 0 unspecified atom stereocenters. The molecular weight excluding hydrogens is 1100 g/mol. The second kappa shape index (κ2) is 30.5. The van der Waals surface area contributed by atoms with Crippen LogP contribution in [0.3, 0.4) is 0 Å². The largest absolute Gasteiger partial charge is 0.508 e. The number of benzene rings is 3. The zero-order valence-electron chi connectivity index (χ0n) is 43.8. The first-order valence-electron chi connectivity index (χ1n) is 23.2. The molecule has 0 radical (unpaired) electrons. The molecule has 3 aromatic rings. The molecule has 0 aliphatic rings. The van der Waals surface area contributed by atoms with E-state index in [2.05, 4.69) is 47.8 Å². The van der Waals surface area contributed by atoms with Gasteiger partial charge < -0.3 is 44.5 Å². The molecular formula is C53H80Br3ClO12. The number of carbonyl (C=O) groups is 3. The van der Waals surface area contributed by atoms with Gasteiger partial charge in [-0.1, -0.05) is 27.7 Å². The number of carbonyl (C=O) groups excluding carboxylic acids is 2. The lowest BCUT2D eigenvalue weighted by molar-refractivity contribution is -0.156. The number of esters is 2. The van der Waals surface area contributed by atoms with Crippen LogP contribution in [-0.2, 0) is 23.9 Å². The Kier molecular flexibility index (Phi) is 29.0. The Morgan fingerprint density at radius 2 is 0.870 bits per heavy atom. The van der Waals surface area contributed by atoms with E-state index in [9.17, 15) is 34.8 Å². The van der Waals surface area contributed by atoms with Crippen molar-refractivity contribution in [3.63, 3.8) is 0 Å². The third-order valence-corrected chi connectivity index (χ3v) is 14.3. The predicted molar refractivity (Wildman–Crippen MR) is 287 cm³/mol. The van der Waals surface area contributed by atoms with Crippen molar-refractivity contribution in [2.24, 2.45) is 28.1 Å². The molecule has 392 valence electrons. The molecule has 0 atom stereocenters. The van der Waals surface area contributed by atoms with Gasteiger partial charge in [0, 0.05) is 22.6 Å². The number of halogens is 4. The number of carboxylic acids is 1. The summed E-state index contributed by atoms with van der Waals surface area (Å²) in [6.45, 7) is 31.8. The fourth-order valence-electron chi connectivity index (χ4n) is 5.91. The standard InChI is InChI=1S/C19H29BrO4.C15H21BrO4.C11H21ClO2.C8H9BrO2/c1-12(2)11-24-18(22)19(5,6)8-7-9-23-15-10-13(3)16(20)17(21)14(15)4;1-9-8-11(10(2)13(17)12(9)16)20-7-5-6-15(3,4)14(18)19;1-9(2)8-14-10(13)11(3,4)6-5-7-12;1-4-3-6(10)5(2)8(11)7(4)9/h10,12,21H,7-9,11H2,1-6H3;8,17H,5-7H2,1-4H3,(H,18,19);9H,5-8H2,1-4H3;3,10-11H,1-2H3. The van der Waals surface area contributed by atoms with Gasteiger partial charge in [-0.25, -0.2) is 0 Å². The number of hydrogen-bond acceptors (Lipinski definition) is 11. The maximum absolute atomic E-state index is 12.1. The topological polar surface area (TPSA) is 189 Å². The van der Waals surface area contributed by atoms with Crippen molar-refractivity contribution in [1.29, 1.82) is 0 Å². The third kappa shape index (κ3) is 22.7. The lowest BCUT2D eigenvalue weighted by Gasteiger charge is -2.23. The molecule has 0 bridgehead atoms. The van der Waals surface area contributed by atoms with Gasteiger partial charge in [0.25, 0.3) is 0 Å². The molecule has 0 aromatic heterocycles. The van der Waals surface area contributed by atoms with Gasteiger partial charge in [-0.15, -0.1) is 11.6 Å². The Labute approximate surface area is 442 Å². The van der Waals surface area contributed by atoms with Gasteiger partial charge in [-0.3, -0.25) is 14.4 Å². The molecule has 3 aromatic carbocycles. The zero-order chi connectivity index (χ0) is 53.8. The molecule has 0 amide bonds. The normalized spacial score (nSPS) is 11.4. The maximum atomic E-state index is 12.1. The lowest BCUT2D eigenvalue weighted by Crippen LogP contribution is -2.28. The second-order valence-electron chi connectivity index (χ2n) is 20.1. The van der Waals surface area contributed by atoms with E-state index in [0.717, 1.165) is 36.0 Å². The van der Waals surface area contributed by atoms with Gasteiger partial charge in [0.2, 0.25) is 0 Å². The maximum Gasteiger partial charge on any atom is 0.311 e. The van der Waals surface area contributed by atoms with Crippen LogP contribution in [0.2, 0.25) is 0 Å². The first-order chi connectivity index (χ1) is 31.7. The van der Waals surface area contributed by atoms with Crippen LogP contribution in [0, 0.1) is 69.6 Å². The summed E-state index contributed by atoms with van der Waals surface area (Å²) in [6, 6.07) is 5.38. The van der Waals surface area contributed by atoms with Crippen LogP contribution in [0.1, 0.15) is 141 Å². The van der Waals surface area contributed by atoms with E-state index in [-0.39, 0.29) is 34.9 Å². The predicted octanol–water partition coefficient (Wildman–Crippen LogP) is 14.9. The second-order valence-corrected chi connectivity index (χ2v) is 22.9. The Bertz CT molecular complexity index is 2110. The van der Waals surface area contributed by atoms with Crippen LogP contribution in [0.4, 0.5) is 0 Å². The summed E-state index contributed by atoms with van der Waals surface area (Å²) in [6.07, 6.45) is 4.25. The number of aromatic hydroxyl groups is 4. The summed E-state index contributed by atoms with van der Waals surface area (Å²) in [5.41, 5.74) is 2.88. The molecule has 0 spiro atoms. The van der Waals surface area contributed by atoms with Crippen LogP contribution in [-0.4, -0.2) is 75.7 Å². The smallest absolute Gasteiger partial charge is 0.311 e. The molecule has 12 nitrogen and oxygen atoms in total. The third-order valence-electron chi connectivity index (χ3n) is 11.0. The minimum absolute atomic E-state index is 0.113. The molecule has 3 rings (SSSR count). The average molecular weight is 1180 g/mol. The van der Waals surface area contributed by atoms with Gasteiger partial charge in [0.1, 0.15) is 34.5 Å². The van der Waals surface area contributed by atoms with Crippen molar-refractivity contribution in [1.82, 2.24) is 0 Å². The summed E-state index contributed by atoms with van der Waals surface area (Å²) >= 11 is 15.5. The van der Waals surface area contributed by atoms with Crippen molar-refractivity contribution in [3.05, 3.63) is 65.0 Å². The number of ether oxygens (including phenoxy) is 4. The van der Waals surface area contributed by atoms with Crippen molar-refractivity contribution >= 4 is 77.3 Å². The molecule has 5 N–H and O–H groups in total. The lowest BCUT2D eigenvalue weighted by atomic mass is 9.88. The molecule has 16 heteroatoms. The Morgan fingerprint density at radius 3 is 1.20 bits per heavy atom. The summed E-state index contributed by atoms with van der Waals surface area (Å²) in [4.78, 5) is 34.7. The monoisotopic (exact) mass is 1180 g/mol. The minimum atomic E-state index is -0.800. The number of alkyl halides is 1. The summed E-state index contributed by atoms with van der Waals surface area (Å²) in [5.74, 6) is 2.20. The van der Waals surface area contributed by atoms with E-state index in [1.807, 2.05) is 95.2 Å². The Balaban J connectivity index is 0.000000930. The van der Waals surface area contributed by atoms with E-state index < -0.39 is 22.2 Å². The number of hydrogen-bond donors (Lipinski definition) is 5. The van der Waals surface area contributed by atoms with Crippen LogP contribution < -0.4 is 9.47 Å². The Morgan fingerprint density at radius 1 is 0.551 bits per heavy atom. The van der Waals surface area contributed by atoms with E-state index in [1.165, 1.54) is 0 Å². The van der Waals surface area contributed by atoms with Gasteiger partial charge >= 0.3 is 17.9 Å². The highest BCUT2D eigenvalue weighted by molar-refractivity contribution is 9.11. The van der Waals surface area contributed by atoms with Crippen LogP contribution >= 0.6 is 59.4 Å². The fraction of sp³-hybridized carbons (Fsp3) is 0.604. The molecule has 0 heterocycles. The van der Waals surface area contributed by atoms with E-state index in [1.54, 1.807) is 33.8 Å². The molecule has 69 heavy (non-hydrogen) atoms. The highest BCUT2D eigenvalue weighted by Crippen LogP contribution is 2.39. The van der Waals surface area contributed by atoms with Crippen LogP contribution in [0.25, 0.3) is 0 Å². The van der Waals surface area contributed by atoms with Crippen molar-refractivity contribution in [2.75, 3.05) is 32.3 Å². The first kappa shape index (κ1) is 65.6. The van der Waals surface area contributed by atoms with Gasteiger partial charge in [0.05, 0.1) is 56.1 Å². The highest BCUT2D eigenvalue weighted by Gasteiger charge is 2.30. The molecule has 0 fully saturated rings. The van der Waals surface area contributed by atoms with E-state index in [4.69, 9.17) is 35.7 Å². The van der Waals surface area contributed by atoms with Gasteiger partial charge in [-0.2, -0.15) is 0 Å². The Hall–Kier alpha value is -3.40. The van der Waals surface area contributed by atoms with Crippen molar-refractivity contribution in [2.45, 2.75) is 149 Å². The van der Waals surface area contributed by atoms with Crippen LogP contribution in [0.15, 0.2) is 31.6 Å². The number of aliphatic carboxylic acids is 1. The molecule has 0 saturated heterocycles.